The molecule has 3 aliphatic heterocycles. The number of carbonyl (C=O) groups excluding carboxylic acids is 3. The van der Waals surface area contributed by atoms with E-state index >= 15 is 0 Å². The van der Waals surface area contributed by atoms with Crippen LogP contribution in [0.5, 0.6) is 0 Å². The molecule has 196 valence electrons. The third-order valence-electron chi connectivity index (χ3n) is 7.08. The number of piperidine rings is 1. The van der Waals surface area contributed by atoms with E-state index in [1.165, 1.54) is 23.1 Å². The maximum absolute atomic E-state index is 14.6. The highest BCUT2D eigenvalue weighted by atomic mass is 35.5. The Morgan fingerprint density at radius 1 is 1.03 bits per heavy atom. The van der Waals surface area contributed by atoms with Gasteiger partial charge in [-0.15, -0.1) is 0 Å². The highest BCUT2D eigenvalue weighted by molar-refractivity contribution is 6.31. The number of anilines is 1. The van der Waals surface area contributed by atoms with Crippen LogP contribution in [0.15, 0.2) is 30.3 Å². The number of alkyl halides is 3. The molecule has 2 aromatic rings. The van der Waals surface area contributed by atoms with Crippen LogP contribution >= 0.6 is 11.6 Å². The Labute approximate surface area is 214 Å². The van der Waals surface area contributed by atoms with Crippen molar-refractivity contribution in [1.29, 1.82) is 0 Å². The summed E-state index contributed by atoms with van der Waals surface area (Å²) in [5.41, 5.74) is 0.978. The molecular weight excluding hydrogens is 516 g/mol. The van der Waals surface area contributed by atoms with Crippen molar-refractivity contribution >= 4 is 35.0 Å². The summed E-state index contributed by atoms with van der Waals surface area (Å²) in [6.07, 6.45) is -4.14. The Morgan fingerprint density at radius 2 is 1.76 bits per heavy atom. The lowest BCUT2D eigenvalue weighted by Gasteiger charge is -2.37. The predicted molar refractivity (Wildman–Crippen MR) is 126 cm³/mol. The van der Waals surface area contributed by atoms with E-state index in [4.69, 9.17) is 11.6 Å². The number of benzene rings is 2. The van der Waals surface area contributed by atoms with Crippen LogP contribution in [0, 0.1) is 5.82 Å². The van der Waals surface area contributed by atoms with Gasteiger partial charge in [-0.05, 0) is 42.3 Å². The van der Waals surface area contributed by atoms with Crippen molar-refractivity contribution in [1.82, 2.24) is 15.1 Å². The van der Waals surface area contributed by atoms with E-state index in [0.29, 0.717) is 43.0 Å². The van der Waals surface area contributed by atoms with Crippen LogP contribution in [0.25, 0.3) is 0 Å². The van der Waals surface area contributed by atoms with Gasteiger partial charge in [-0.2, -0.15) is 13.2 Å². The molecule has 3 amide bonds. The summed E-state index contributed by atoms with van der Waals surface area (Å²) in [7, 11) is 0. The Bertz CT molecular complexity index is 1280. The number of hydrogen-bond donors (Lipinski definition) is 1. The number of rotatable bonds is 4. The molecule has 5 rings (SSSR count). The summed E-state index contributed by atoms with van der Waals surface area (Å²) < 4.78 is 53.9. The van der Waals surface area contributed by atoms with Crippen LogP contribution < -0.4 is 10.2 Å². The highest BCUT2D eigenvalue weighted by Gasteiger charge is 2.41. The van der Waals surface area contributed by atoms with Crippen LogP contribution in [-0.4, -0.2) is 59.7 Å². The highest BCUT2D eigenvalue weighted by Crippen LogP contribution is 2.36. The SMILES string of the molecule is O=C1CCC(N2Cc3c(cc(F)cc3N3CCN(Cc4cc(C(F)(F)F)ccc4Cl)CC3)C2=O)C(=O)N1. The van der Waals surface area contributed by atoms with Gasteiger partial charge in [0.1, 0.15) is 11.9 Å². The van der Waals surface area contributed by atoms with Crippen LogP contribution in [0.1, 0.15) is 39.9 Å². The van der Waals surface area contributed by atoms with Crippen LogP contribution in [0.4, 0.5) is 23.2 Å². The number of amides is 3. The molecule has 0 radical (unpaired) electrons. The lowest BCUT2D eigenvalue weighted by atomic mass is 10.0. The molecule has 2 aromatic carbocycles. The summed E-state index contributed by atoms with van der Waals surface area (Å²) >= 11 is 6.15. The number of fused-ring (bicyclic) bond motifs is 1. The average Bonchev–Trinajstić information content (AvgIpc) is 3.16. The smallest absolute Gasteiger partial charge is 0.369 e. The predicted octanol–water partition coefficient (Wildman–Crippen LogP) is 3.58. The van der Waals surface area contributed by atoms with Gasteiger partial charge in [0.05, 0.1) is 5.56 Å². The van der Waals surface area contributed by atoms with Crippen LogP contribution in [0.3, 0.4) is 0 Å². The van der Waals surface area contributed by atoms with Crippen molar-refractivity contribution in [2.75, 3.05) is 31.1 Å². The molecule has 1 unspecified atom stereocenters. The number of halogens is 5. The quantitative estimate of drug-likeness (QED) is 0.476. The molecule has 12 heteroatoms. The number of nitrogens with zero attached hydrogens (tertiary/aromatic N) is 3. The zero-order valence-corrected chi connectivity index (χ0v) is 20.3. The van der Waals surface area contributed by atoms with Gasteiger partial charge in [0.15, 0.2) is 0 Å². The maximum Gasteiger partial charge on any atom is 0.416 e. The molecule has 0 saturated carbocycles. The summed E-state index contributed by atoms with van der Waals surface area (Å²) in [6.45, 7) is 2.25. The largest absolute Gasteiger partial charge is 0.416 e. The van der Waals surface area contributed by atoms with Crippen molar-refractivity contribution in [3.63, 3.8) is 0 Å². The summed E-state index contributed by atoms with van der Waals surface area (Å²) in [4.78, 5) is 42.2. The van der Waals surface area contributed by atoms with E-state index in [-0.39, 0.29) is 42.4 Å². The molecule has 3 heterocycles. The summed E-state index contributed by atoms with van der Waals surface area (Å²) in [5, 5.41) is 2.50. The molecule has 3 aliphatic rings. The maximum atomic E-state index is 14.6. The molecule has 37 heavy (non-hydrogen) atoms. The standard InChI is InChI=1S/C25H23ClF4N4O3/c26-19-2-1-15(25(28,29)30)9-14(19)12-32-5-7-33(8-6-32)21-11-16(27)10-17-18(21)13-34(24(17)37)20-3-4-22(35)31-23(20)36/h1-2,9-11,20H,3-8,12-13H2,(H,31,35,36). The average molecular weight is 539 g/mol. The van der Waals surface area contributed by atoms with E-state index in [1.54, 1.807) is 0 Å². The Kier molecular flexibility index (Phi) is 6.61. The number of nitrogens with one attached hydrogen (secondary N) is 1. The minimum atomic E-state index is -4.46. The van der Waals surface area contributed by atoms with Gasteiger partial charge in [-0.1, -0.05) is 11.6 Å². The number of piperazine rings is 1. The minimum absolute atomic E-state index is 0.121. The van der Waals surface area contributed by atoms with Gasteiger partial charge in [0.2, 0.25) is 11.8 Å². The van der Waals surface area contributed by atoms with Crippen molar-refractivity contribution in [3.05, 3.63) is 63.4 Å². The number of hydrogen-bond acceptors (Lipinski definition) is 5. The van der Waals surface area contributed by atoms with Gasteiger partial charge >= 0.3 is 6.18 Å². The normalized spacial score (nSPS) is 20.9. The molecular formula is C25H23ClF4N4O3. The zero-order valence-electron chi connectivity index (χ0n) is 19.6. The molecule has 0 aromatic heterocycles. The molecule has 1 N–H and O–H groups in total. The zero-order chi connectivity index (χ0) is 26.5. The molecule has 2 fully saturated rings. The van der Waals surface area contributed by atoms with Crippen molar-refractivity contribution in [2.24, 2.45) is 0 Å². The van der Waals surface area contributed by atoms with E-state index in [1.807, 2.05) is 9.80 Å². The first kappa shape index (κ1) is 25.5. The lowest BCUT2D eigenvalue weighted by molar-refractivity contribution is -0.138. The van der Waals surface area contributed by atoms with Crippen LogP contribution in [-0.2, 0) is 28.9 Å². The van der Waals surface area contributed by atoms with Crippen molar-refractivity contribution < 1.29 is 31.9 Å². The fourth-order valence-electron chi connectivity index (χ4n) is 5.15. The third kappa shape index (κ3) is 5.02. The molecule has 0 aliphatic carbocycles. The summed E-state index contributed by atoms with van der Waals surface area (Å²) in [5.74, 6) is -1.96. The van der Waals surface area contributed by atoms with E-state index in [9.17, 15) is 31.9 Å². The fraction of sp³-hybridized carbons (Fsp3) is 0.400. The third-order valence-corrected chi connectivity index (χ3v) is 7.45. The first-order valence-corrected chi connectivity index (χ1v) is 12.2. The first-order chi connectivity index (χ1) is 17.5. The van der Waals surface area contributed by atoms with E-state index in [0.717, 1.165) is 12.1 Å². The first-order valence-electron chi connectivity index (χ1n) is 11.8. The minimum Gasteiger partial charge on any atom is -0.369 e. The Balaban J connectivity index is 1.30. The molecule has 1 atom stereocenters. The van der Waals surface area contributed by atoms with Gasteiger partial charge in [-0.3, -0.25) is 24.6 Å². The second-order valence-corrected chi connectivity index (χ2v) is 9.83. The Morgan fingerprint density at radius 3 is 2.43 bits per heavy atom. The summed E-state index contributed by atoms with van der Waals surface area (Å²) in [6, 6.07) is 4.98. The van der Waals surface area contributed by atoms with Crippen molar-refractivity contribution in [3.8, 4) is 0 Å². The molecule has 2 saturated heterocycles. The Hall–Kier alpha value is -3.18. The van der Waals surface area contributed by atoms with Gasteiger partial charge in [-0.25, -0.2) is 4.39 Å². The van der Waals surface area contributed by atoms with E-state index < -0.39 is 35.4 Å². The second-order valence-electron chi connectivity index (χ2n) is 9.42. The van der Waals surface area contributed by atoms with Crippen LogP contribution in [0.2, 0.25) is 5.02 Å². The molecule has 7 nitrogen and oxygen atoms in total. The van der Waals surface area contributed by atoms with Gasteiger partial charge in [0, 0.05) is 67.5 Å². The fourth-order valence-corrected chi connectivity index (χ4v) is 5.33. The molecule has 0 bridgehead atoms. The van der Waals surface area contributed by atoms with Gasteiger partial charge in [0.25, 0.3) is 5.91 Å². The van der Waals surface area contributed by atoms with Gasteiger partial charge < -0.3 is 9.80 Å². The second kappa shape index (κ2) is 9.60. The monoisotopic (exact) mass is 538 g/mol. The topological polar surface area (TPSA) is 73.0 Å². The van der Waals surface area contributed by atoms with Crippen molar-refractivity contribution in [2.45, 2.75) is 38.1 Å². The number of carbonyl (C=O) groups is 3. The lowest BCUT2D eigenvalue weighted by Crippen LogP contribution is -2.52. The van der Waals surface area contributed by atoms with E-state index in [2.05, 4.69) is 5.32 Å². The molecule has 0 spiro atoms. The number of imide groups is 1.